The third kappa shape index (κ3) is 5.55. The topological polar surface area (TPSA) is 52.4 Å². The lowest BCUT2D eigenvalue weighted by molar-refractivity contribution is -0.520. The van der Waals surface area contributed by atoms with Gasteiger partial charge >= 0.3 is 0 Å². The zero-order valence-electron chi connectivity index (χ0n) is 15.4. The predicted molar refractivity (Wildman–Crippen MR) is 101 cm³/mol. The molecule has 2 unspecified atom stereocenters. The van der Waals surface area contributed by atoms with E-state index < -0.39 is 12.0 Å². The molecule has 0 fully saturated rings. The van der Waals surface area contributed by atoms with E-state index in [4.69, 9.17) is 4.74 Å². The van der Waals surface area contributed by atoms with Gasteiger partial charge in [0.05, 0.1) is 12.5 Å². The number of unbranched alkanes of at least 4 members (excludes halogenated alkanes) is 3. The highest BCUT2D eigenvalue weighted by molar-refractivity contribution is 5.37. The van der Waals surface area contributed by atoms with Crippen LogP contribution >= 0.6 is 0 Å². The maximum Gasteiger partial charge on any atom is 0.221 e. The van der Waals surface area contributed by atoms with Crippen molar-refractivity contribution in [2.24, 2.45) is 0 Å². The van der Waals surface area contributed by atoms with E-state index in [1.165, 1.54) is 25.0 Å². The molecule has 2 aromatic rings. The summed E-state index contributed by atoms with van der Waals surface area (Å²) in [6.45, 7) is 4.42. The van der Waals surface area contributed by atoms with Crippen molar-refractivity contribution in [2.75, 3.05) is 6.61 Å². The molecule has 0 radical (unpaired) electrons. The number of nitrogens with zero attached hydrogens (tertiary/aromatic N) is 1. The van der Waals surface area contributed by atoms with Gasteiger partial charge in [-0.2, -0.15) is 0 Å². The molecule has 0 aliphatic rings. The number of nitro groups is 1. The van der Waals surface area contributed by atoms with E-state index in [0.29, 0.717) is 6.61 Å². The molecule has 4 nitrogen and oxygen atoms in total. The summed E-state index contributed by atoms with van der Waals surface area (Å²) >= 11 is 0. The number of halogens is 1. The molecule has 26 heavy (non-hydrogen) atoms. The standard InChI is InChI=1S/C21H26FNO3/c1-3-4-5-6-15-26-20-13-9-18(10-14-20)21(16(2)23(24)25)17-7-11-19(22)12-8-17/h7-14,16,21H,3-6,15H2,1-2H3. The van der Waals surface area contributed by atoms with Crippen LogP contribution in [0, 0.1) is 15.9 Å². The molecule has 0 aromatic heterocycles. The SMILES string of the molecule is CCCCCCOc1ccc(C(c2ccc(F)cc2)C(C)[N+](=O)[O-])cc1. The summed E-state index contributed by atoms with van der Waals surface area (Å²) in [4.78, 5) is 11.1. The maximum absolute atomic E-state index is 13.2. The summed E-state index contributed by atoms with van der Waals surface area (Å²) in [7, 11) is 0. The smallest absolute Gasteiger partial charge is 0.221 e. The number of hydrogen-bond donors (Lipinski definition) is 0. The first kappa shape index (κ1) is 19.9. The summed E-state index contributed by atoms with van der Waals surface area (Å²) in [5.74, 6) is -0.0332. The summed E-state index contributed by atoms with van der Waals surface area (Å²) in [6.07, 6.45) is 4.57. The Morgan fingerprint density at radius 2 is 1.58 bits per heavy atom. The van der Waals surface area contributed by atoms with Gasteiger partial charge in [-0.1, -0.05) is 50.5 Å². The highest BCUT2D eigenvalue weighted by atomic mass is 19.1. The Morgan fingerprint density at radius 1 is 1.00 bits per heavy atom. The van der Waals surface area contributed by atoms with Crippen molar-refractivity contribution < 1.29 is 14.1 Å². The van der Waals surface area contributed by atoms with Gasteiger partial charge in [0, 0.05) is 11.8 Å². The van der Waals surface area contributed by atoms with E-state index in [1.54, 1.807) is 19.1 Å². The predicted octanol–water partition coefficient (Wildman–Crippen LogP) is 5.58. The largest absolute Gasteiger partial charge is 0.494 e. The summed E-state index contributed by atoms with van der Waals surface area (Å²) in [5.41, 5.74) is 1.54. The number of hydrogen-bond acceptors (Lipinski definition) is 3. The molecule has 0 saturated carbocycles. The second-order valence-corrected chi connectivity index (χ2v) is 6.53. The molecule has 140 valence electrons. The molecule has 0 amide bonds. The van der Waals surface area contributed by atoms with Crippen LogP contribution in [-0.4, -0.2) is 17.6 Å². The molecular weight excluding hydrogens is 333 g/mol. The highest BCUT2D eigenvalue weighted by Crippen LogP contribution is 2.31. The fraction of sp³-hybridized carbons (Fsp3) is 0.429. The Hall–Kier alpha value is -2.43. The number of benzene rings is 2. The van der Waals surface area contributed by atoms with Crippen molar-refractivity contribution in [2.45, 2.75) is 51.5 Å². The Labute approximate surface area is 154 Å². The zero-order chi connectivity index (χ0) is 18.9. The van der Waals surface area contributed by atoms with Gasteiger partial charge in [0.25, 0.3) is 0 Å². The molecule has 0 N–H and O–H groups in total. The van der Waals surface area contributed by atoms with E-state index in [-0.39, 0.29) is 10.7 Å². The van der Waals surface area contributed by atoms with Gasteiger partial charge in [-0.15, -0.1) is 0 Å². The average molecular weight is 359 g/mol. The second-order valence-electron chi connectivity index (χ2n) is 6.53. The van der Waals surface area contributed by atoms with Crippen molar-refractivity contribution in [1.29, 1.82) is 0 Å². The number of rotatable bonds is 10. The van der Waals surface area contributed by atoms with Gasteiger partial charge in [-0.25, -0.2) is 4.39 Å². The van der Waals surface area contributed by atoms with Gasteiger partial charge in [0.15, 0.2) is 0 Å². The van der Waals surface area contributed by atoms with Crippen LogP contribution in [0.3, 0.4) is 0 Å². The molecule has 2 aromatic carbocycles. The van der Waals surface area contributed by atoms with E-state index in [9.17, 15) is 14.5 Å². The quantitative estimate of drug-likeness (QED) is 0.316. The molecule has 0 aliphatic carbocycles. The first-order valence-corrected chi connectivity index (χ1v) is 9.14. The minimum absolute atomic E-state index is 0.299. The van der Waals surface area contributed by atoms with Gasteiger partial charge in [-0.3, -0.25) is 10.1 Å². The molecule has 2 atom stereocenters. The lowest BCUT2D eigenvalue weighted by Gasteiger charge is -2.19. The van der Waals surface area contributed by atoms with Gasteiger partial charge < -0.3 is 4.74 Å². The Bertz CT molecular complexity index is 685. The normalized spacial score (nSPS) is 13.2. The van der Waals surface area contributed by atoms with Crippen molar-refractivity contribution in [1.82, 2.24) is 0 Å². The third-order valence-corrected chi connectivity index (χ3v) is 4.55. The molecule has 0 spiro atoms. The third-order valence-electron chi connectivity index (χ3n) is 4.55. The van der Waals surface area contributed by atoms with Crippen molar-refractivity contribution in [3.63, 3.8) is 0 Å². The van der Waals surface area contributed by atoms with Crippen LogP contribution in [0.4, 0.5) is 4.39 Å². The van der Waals surface area contributed by atoms with Crippen molar-refractivity contribution >= 4 is 0 Å². The van der Waals surface area contributed by atoms with Crippen molar-refractivity contribution in [3.05, 3.63) is 75.6 Å². The van der Waals surface area contributed by atoms with Crippen LogP contribution in [-0.2, 0) is 0 Å². The average Bonchev–Trinajstić information content (AvgIpc) is 2.64. The molecule has 5 heteroatoms. The van der Waals surface area contributed by atoms with E-state index in [1.807, 2.05) is 24.3 Å². The Balaban J connectivity index is 2.12. The molecule has 2 rings (SSSR count). The van der Waals surface area contributed by atoms with Crippen LogP contribution in [0.25, 0.3) is 0 Å². The Kier molecular flexibility index (Phi) is 7.57. The second kappa shape index (κ2) is 9.90. The van der Waals surface area contributed by atoms with Gasteiger partial charge in [-0.05, 0) is 41.8 Å². The van der Waals surface area contributed by atoms with Gasteiger partial charge in [0.2, 0.25) is 6.04 Å². The molecule has 0 saturated heterocycles. The highest BCUT2D eigenvalue weighted by Gasteiger charge is 2.29. The van der Waals surface area contributed by atoms with Crippen LogP contribution in [0.15, 0.2) is 48.5 Å². The van der Waals surface area contributed by atoms with Gasteiger partial charge in [0.1, 0.15) is 11.6 Å². The van der Waals surface area contributed by atoms with E-state index >= 15 is 0 Å². The summed E-state index contributed by atoms with van der Waals surface area (Å²) < 4.78 is 18.9. The van der Waals surface area contributed by atoms with E-state index in [2.05, 4.69) is 6.92 Å². The lowest BCUT2D eigenvalue weighted by atomic mass is 9.86. The zero-order valence-corrected chi connectivity index (χ0v) is 15.4. The van der Waals surface area contributed by atoms with E-state index in [0.717, 1.165) is 29.7 Å². The fourth-order valence-corrected chi connectivity index (χ4v) is 3.03. The molecule has 0 bridgehead atoms. The maximum atomic E-state index is 13.2. The van der Waals surface area contributed by atoms with Crippen LogP contribution in [0.2, 0.25) is 0 Å². The first-order valence-electron chi connectivity index (χ1n) is 9.14. The molecule has 0 aliphatic heterocycles. The monoisotopic (exact) mass is 359 g/mol. The Morgan fingerprint density at radius 3 is 2.12 bits per heavy atom. The minimum atomic E-state index is -0.818. The number of ether oxygens (including phenoxy) is 1. The van der Waals surface area contributed by atoms with Crippen molar-refractivity contribution in [3.8, 4) is 5.75 Å². The van der Waals surface area contributed by atoms with Crippen LogP contribution < -0.4 is 4.74 Å². The molecule has 0 heterocycles. The molecular formula is C21H26FNO3. The minimum Gasteiger partial charge on any atom is -0.494 e. The first-order chi connectivity index (χ1) is 12.5. The van der Waals surface area contributed by atoms with Crippen LogP contribution in [0.5, 0.6) is 5.75 Å². The lowest BCUT2D eigenvalue weighted by Crippen LogP contribution is -2.25. The summed E-state index contributed by atoms with van der Waals surface area (Å²) in [6, 6.07) is 12.5. The van der Waals surface area contributed by atoms with Crippen LogP contribution in [0.1, 0.15) is 56.6 Å². The fourth-order valence-electron chi connectivity index (χ4n) is 3.03. The summed E-state index contributed by atoms with van der Waals surface area (Å²) in [5, 5.41) is 11.4.